The summed E-state index contributed by atoms with van der Waals surface area (Å²) in [6.45, 7) is 3.95. The molecule has 2 amide bonds. The summed E-state index contributed by atoms with van der Waals surface area (Å²) in [6.07, 6.45) is 2.94. The van der Waals surface area contributed by atoms with E-state index in [0.717, 1.165) is 16.9 Å². The number of amides is 2. The van der Waals surface area contributed by atoms with E-state index in [1.807, 2.05) is 31.2 Å². The van der Waals surface area contributed by atoms with Gasteiger partial charge >= 0.3 is 5.97 Å². The second-order valence-electron chi connectivity index (χ2n) is 7.27. The molecule has 2 rings (SSSR count). The number of rotatable bonds is 11. The quantitative estimate of drug-likeness (QED) is 0.415. The molecule has 0 spiro atoms. The van der Waals surface area contributed by atoms with Gasteiger partial charge in [0.15, 0.2) is 6.61 Å². The number of nitrogens with one attached hydrogen (secondary N) is 1. The van der Waals surface area contributed by atoms with Crippen LogP contribution < -0.4 is 14.8 Å². The molecule has 0 fully saturated rings. The molecule has 0 radical (unpaired) electrons. The maximum atomic E-state index is 12.3. The van der Waals surface area contributed by atoms with E-state index >= 15 is 0 Å². The van der Waals surface area contributed by atoms with Gasteiger partial charge in [0, 0.05) is 19.7 Å². The average molecular weight is 455 g/mol. The van der Waals surface area contributed by atoms with Crippen molar-refractivity contribution in [3.05, 3.63) is 65.7 Å². The molecule has 1 atom stereocenters. The highest BCUT2D eigenvalue weighted by atomic mass is 16.5. The molecule has 0 aliphatic carbocycles. The maximum Gasteiger partial charge on any atom is 0.328 e. The van der Waals surface area contributed by atoms with Crippen molar-refractivity contribution >= 4 is 23.9 Å². The lowest BCUT2D eigenvalue weighted by Crippen LogP contribution is -2.40. The summed E-state index contributed by atoms with van der Waals surface area (Å²) in [5.41, 5.74) is 1.73. The number of methoxy groups -OCH3 is 1. The van der Waals surface area contributed by atoms with Crippen molar-refractivity contribution in [1.82, 2.24) is 10.2 Å². The lowest BCUT2D eigenvalue weighted by Gasteiger charge is -2.18. The van der Waals surface area contributed by atoms with Gasteiger partial charge in [-0.1, -0.05) is 24.3 Å². The van der Waals surface area contributed by atoms with E-state index in [-0.39, 0.29) is 5.91 Å². The molecule has 2 aromatic rings. The van der Waals surface area contributed by atoms with E-state index in [1.54, 1.807) is 44.5 Å². The summed E-state index contributed by atoms with van der Waals surface area (Å²) in [5, 5.41) is 2.52. The molecule has 1 unspecified atom stereocenters. The zero-order valence-corrected chi connectivity index (χ0v) is 19.4. The number of likely N-dealkylation sites (N-methyl/N-ethyl adjacent to an activating group) is 1. The third kappa shape index (κ3) is 8.68. The summed E-state index contributed by atoms with van der Waals surface area (Å²) in [6, 6.07) is 13.7. The van der Waals surface area contributed by atoms with Crippen molar-refractivity contribution in [1.29, 1.82) is 0 Å². The lowest BCUT2D eigenvalue weighted by molar-refractivity contribution is -0.153. The van der Waals surface area contributed by atoms with E-state index in [4.69, 9.17) is 14.2 Å². The van der Waals surface area contributed by atoms with E-state index in [1.165, 1.54) is 17.9 Å². The fourth-order valence-electron chi connectivity index (χ4n) is 2.80. The van der Waals surface area contributed by atoms with Gasteiger partial charge in [0.05, 0.1) is 13.7 Å². The molecule has 0 aliphatic rings. The molecular formula is C25H30N2O6. The lowest BCUT2D eigenvalue weighted by atomic mass is 10.2. The monoisotopic (exact) mass is 454 g/mol. The highest BCUT2D eigenvalue weighted by molar-refractivity contribution is 5.94. The van der Waals surface area contributed by atoms with Crippen LogP contribution >= 0.6 is 0 Å². The third-order valence-corrected chi connectivity index (χ3v) is 4.67. The molecular weight excluding hydrogens is 424 g/mol. The van der Waals surface area contributed by atoms with Gasteiger partial charge in [-0.05, 0) is 55.3 Å². The Morgan fingerprint density at radius 1 is 1.03 bits per heavy atom. The van der Waals surface area contributed by atoms with Crippen molar-refractivity contribution in [3.63, 3.8) is 0 Å². The first-order chi connectivity index (χ1) is 15.8. The fourth-order valence-corrected chi connectivity index (χ4v) is 2.80. The van der Waals surface area contributed by atoms with Gasteiger partial charge in [-0.15, -0.1) is 0 Å². The number of hydrogen-bond acceptors (Lipinski definition) is 6. The number of nitrogens with zero attached hydrogens (tertiary/aromatic N) is 1. The summed E-state index contributed by atoms with van der Waals surface area (Å²) in [4.78, 5) is 38.0. The Kier molecular flexibility index (Phi) is 9.95. The van der Waals surface area contributed by atoms with Crippen LogP contribution in [0.5, 0.6) is 11.5 Å². The highest BCUT2D eigenvalue weighted by Gasteiger charge is 2.18. The topological polar surface area (TPSA) is 94.2 Å². The molecule has 8 nitrogen and oxygen atoms in total. The molecule has 0 saturated carbocycles. The zero-order valence-electron chi connectivity index (χ0n) is 19.4. The first-order valence-electron chi connectivity index (χ1n) is 10.6. The van der Waals surface area contributed by atoms with E-state index in [0.29, 0.717) is 18.9 Å². The Balaban J connectivity index is 1.75. The molecule has 2 aromatic carbocycles. The number of esters is 1. The normalized spacial score (nSPS) is 11.5. The molecule has 0 aromatic heterocycles. The Hall–Kier alpha value is -3.81. The van der Waals surface area contributed by atoms with Crippen LogP contribution in [0.1, 0.15) is 25.0 Å². The molecule has 0 heterocycles. The van der Waals surface area contributed by atoms with Gasteiger partial charge in [-0.25, -0.2) is 4.79 Å². The van der Waals surface area contributed by atoms with Crippen molar-refractivity contribution in [2.75, 3.05) is 27.4 Å². The van der Waals surface area contributed by atoms with Gasteiger partial charge in [0.2, 0.25) is 5.91 Å². The summed E-state index contributed by atoms with van der Waals surface area (Å²) in [5.74, 6) is -0.0138. The summed E-state index contributed by atoms with van der Waals surface area (Å²) >= 11 is 0. The minimum absolute atomic E-state index is 0.352. The number of carbonyl (C=O) groups excluding carboxylic acids is 3. The van der Waals surface area contributed by atoms with E-state index in [2.05, 4.69) is 5.32 Å². The Bertz CT molecular complexity index is 954. The van der Waals surface area contributed by atoms with Crippen LogP contribution in [0.2, 0.25) is 0 Å². The van der Waals surface area contributed by atoms with Crippen molar-refractivity contribution < 1.29 is 28.6 Å². The van der Waals surface area contributed by atoms with E-state index < -0.39 is 24.5 Å². The summed E-state index contributed by atoms with van der Waals surface area (Å²) in [7, 11) is 3.20. The predicted octanol–water partition coefficient (Wildman–Crippen LogP) is 2.81. The number of ether oxygens (including phenoxy) is 3. The van der Waals surface area contributed by atoms with Crippen LogP contribution in [0.25, 0.3) is 6.08 Å². The third-order valence-electron chi connectivity index (χ3n) is 4.67. The standard InChI is InChI=1S/C25H30N2O6/c1-5-32-22-13-8-20(9-14-22)16-27(3)24(29)17-33-25(30)18(2)26-23(28)15-10-19-6-11-21(31-4)12-7-19/h6-15,18H,5,16-17H2,1-4H3,(H,26,28)/b15-10+. The van der Waals surface area contributed by atoms with Gasteiger partial charge < -0.3 is 24.4 Å². The molecule has 0 bridgehead atoms. The number of benzene rings is 2. The second-order valence-corrected chi connectivity index (χ2v) is 7.27. The van der Waals surface area contributed by atoms with Crippen molar-refractivity contribution in [2.45, 2.75) is 26.4 Å². The van der Waals surface area contributed by atoms with E-state index in [9.17, 15) is 14.4 Å². The number of hydrogen-bond donors (Lipinski definition) is 1. The Morgan fingerprint density at radius 2 is 1.67 bits per heavy atom. The SMILES string of the molecule is CCOc1ccc(CN(C)C(=O)COC(=O)C(C)NC(=O)/C=C/c2ccc(OC)cc2)cc1. The van der Waals surface area contributed by atoms with Crippen molar-refractivity contribution in [2.24, 2.45) is 0 Å². The van der Waals surface area contributed by atoms with Crippen LogP contribution in [0.15, 0.2) is 54.6 Å². The largest absolute Gasteiger partial charge is 0.497 e. The second kappa shape index (κ2) is 12.9. The molecule has 8 heteroatoms. The van der Waals surface area contributed by atoms with Gasteiger partial charge in [0.1, 0.15) is 17.5 Å². The van der Waals surface area contributed by atoms with Gasteiger partial charge in [-0.3, -0.25) is 9.59 Å². The summed E-state index contributed by atoms with van der Waals surface area (Å²) < 4.78 is 15.5. The smallest absolute Gasteiger partial charge is 0.328 e. The molecule has 0 saturated heterocycles. The van der Waals surface area contributed by atoms with Crippen molar-refractivity contribution in [3.8, 4) is 11.5 Å². The van der Waals surface area contributed by atoms with Crippen LogP contribution in [0.3, 0.4) is 0 Å². The Labute approximate surface area is 194 Å². The zero-order chi connectivity index (χ0) is 24.2. The first kappa shape index (κ1) is 25.5. The molecule has 33 heavy (non-hydrogen) atoms. The maximum absolute atomic E-state index is 12.3. The first-order valence-corrected chi connectivity index (χ1v) is 10.6. The molecule has 176 valence electrons. The molecule has 0 aliphatic heterocycles. The fraction of sp³-hybridized carbons (Fsp3) is 0.320. The average Bonchev–Trinajstić information content (AvgIpc) is 2.82. The Morgan fingerprint density at radius 3 is 2.27 bits per heavy atom. The van der Waals surface area contributed by atoms with Gasteiger partial charge in [0.25, 0.3) is 5.91 Å². The minimum Gasteiger partial charge on any atom is -0.497 e. The van der Waals surface area contributed by atoms with Gasteiger partial charge in [-0.2, -0.15) is 0 Å². The highest BCUT2D eigenvalue weighted by Crippen LogP contribution is 2.14. The van der Waals surface area contributed by atoms with Crippen LogP contribution in [0.4, 0.5) is 0 Å². The minimum atomic E-state index is -0.901. The van der Waals surface area contributed by atoms with Crippen LogP contribution in [0, 0.1) is 0 Å². The predicted molar refractivity (Wildman–Crippen MR) is 125 cm³/mol. The van der Waals surface area contributed by atoms with Crippen LogP contribution in [-0.4, -0.2) is 56.1 Å². The number of carbonyl (C=O) groups is 3. The van der Waals surface area contributed by atoms with Crippen LogP contribution in [-0.2, 0) is 25.7 Å². The molecule has 1 N–H and O–H groups in total.